The minimum absolute atomic E-state index is 0.0990. The van der Waals surface area contributed by atoms with Gasteiger partial charge in [0.2, 0.25) is 6.79 Å². The molecule has 1 N–H and O–H groups in total. The molecule has 0 amide bonds. The van der Waals surface area contributed by atoms with Crippen molar-refractivity contribution < 1.29 is 19.4 Å². The van der Waals surface area contributed by atoms with E-state index in [1.165, 1.54) is 0 Å². The molecule has 0 spiro atoms. The molecular weight excluding hydrogens is 260 g/mol. The normalized spacial score (nSPS) is 13.3. The molecule has 0 radical (unpaired) electrons. The Kier molecular flexibility index (Phi) is 3.00. The maximum absolute atomic E-state index is 11.1. The zero-order chi connectivity index (χ0) is 14.3. The van der Waals surface area contributed by atoms with Gasteiger partial charge in [-0.2, -0.15) is 0 Å². The average Bonchev–Trinajstić information content (AvgIpc) is 2.91. The van der Waals surface area contributed by atoms with E-state index in [1.54, 1.807) is 16.7 Å². The predicted molar refractivity (Wildman–Crippen MR) is 72.0 cm³/mol. The quantitative estimate of drug-likeness (QED) is 0.925. The fourth-order valence-electron chi connectivity index (χ4n) is 2.40. The van der Waals surface area contributed by atoms with Crippen molar-refractivity contribution in [3.63, 3.8) is 0 Å². The van der Waals surface area contributed by atoms with Crippen LogP contribution in [-0.2, 0) is 17.8 Å². The summed E-state index contributed by atoms with van der Waals surface area (Å²) in [5.41, 5.74) is 1.51. The number of nitrogens with zero attached hydrogens (tertiary/aromatic N) is 2. The molecule has 6 nitrogen and oxygen atoms in total. The lowest BCUT2D eigenvalue weighted by molar-refractivity contribution is -0.137. The fourth-order valence-corrected chi connectivity index (χ4v) is 2.40. The first-order valence-corrected chi connectivity index (χ1v) is 6.55. The van der Waals surface area contributed by atoms with Crippen molar-refractivity contribution in [3.8, 4) is 11.5 Å². The van der Waals surface area contributed by atoms with Crippen LogP contribution in [-0.4, -0.2) is 27.4 Å². The van der Waals surface area contributed by atoms with E-state index in [0.717, 1.165) is 23.3 Å². The van der Waals surface area contributed by atoms with Crippen molar-refractivity contribution in [2.45, 2.75) is 26.8 Å². The highest BCUT2D eigenvalue weighted by Gasteiger charge is 2.20. The largest absolute Gasteiger partial charge is 0.480 e. The number of carbonyl (C=O) groups is 1. The number of rotatable bonds is 4. The van der Waals surface area contributed by atoms with Gasteiger partial charge < -0.3 is 19.1 Å². The monoisotopic (exact) mass is 276 g/mol. The zero-order valence-electron chi connectivity index (χ0n) is 11.4. The Bertz CT molecular complexity index is 675. The van der Waals surface area contributed by atoms with Crippen molar-refractivity contribution in [1.82, 2.24) is 9.55 Å². The Balaban J connectivity index is 2.15. The number of hydrogen-bond donors (Lipinski definition) is 1. The van der Waals surface area contributed by atoms with Gasteiger partial charge in [0.25, 0.3) is 0 Å². The van der Waals surface area contributed by atoms with Gasteiger partial charge in [0.05, 0.1) is 11.0 Å². The van der Waals surface area contributed by atoms with Crippen LogP contribution in [0, 0.1) is 5.92 Å². The maximum Gasteiger partial charge on any atom is 0.323 e. The number of ether oxygens (including phenoxy) is 2. The minimum atomic E-state index is -0.882. The van der Waals surface area contributed by atoms with Crippen LogP contribution >= 0.6 is 0 Å². The Morgan fingerprint density at radius 3 is 2.75 bits per heavy atom. The molecule has 0 saturated heterocycles. The maximum atomic E-state index is 11.1. The van der Waals surface area contributed by atoms with Gasteiger partial charge in [-0.1, -0.05) is 13.8 Å². The highest BCUT2D eigenvalue weighted by Crippen LogP contribution is 2.36. The summed E-state index contributed by atoms with van der Waals surface area (Å²) >= 11 is 0. The van der Waals surface area contributed by atoms with E-state index in [4.69, 9.17) is 14.6 Å². The molecule has 0 unspecified atom stereocenters. The molecule has 0 bridgehead atoms. The molecule has 0 atom stereocenters. The Morgan fingerprint density at radius 1 is 1.40 bits per heavy atom. The first-order valence-electron chi connectivity index (χ1n) is 6.55. The van der Waals surface area contributed by atoms with E-state index in [1.807, 2.05) is 0 Å². The van der Waals surface area contributed by atoms with Gasteiger partial charge in [-0.3, -0.25) is 4.79 Å². The van der Waals surface area contributed by atoms with Gasteiger partial charge in [-0.25, -0.2) is 4.98 Å². The van der Waals surface area contributed by atoms with Crippen LogP contribution in [0.15, 0.2) is 12.1 Å². The second-order valence-electron chi connectivity index (χ2n) is 5.30. The van der Waals surface area contributed by atoms with Crippen molar-refractivity contribution in [2.24, 2.45) is 5.92 Å². The molecule has 3 rings (SSSR count). The van der Waals surface area contributed by atoms with Crippen molar-refractivity contribution in [2.75, 3.05) is 6.79 Å². The smallest absolute Gasteiger partial charge is 0.323 e. The molecule has 1 aromatic carbocycles. The SMILES string of the molecule is CC(C)Cc1nc2cc3c(cc2n1CC(=O)O)OCO3. The van der Waals surface area contributed by atoms with Gasteiger partial charge >= 0.3 is 5.97 Å². The number of imidazole rings is 1. The standard InChI is InChI=1S/C14H16N2O4/c1-8(2)3-13-15-9-4-11-12(20-7-19-11)5-10(9)16(13)6-14(17)18/h4-5,8H,3,6-7H2,1-2H3,(H,17,18). The van der Waals surface area contributed by atoms with E-state index in [-0.39, 0.29) is 13.3 Å². The molecule has 106 valence electrons. The number of aliphatic carboxylic acids is 1. The zero-order valence-corrected chi connectivity index (χ0v) is 11.4. The molecule has 2 aromatic rings. The number of aromatic nitrogens is 2. The second kappa shape index (κ2) is 4.70. The van der Waals surface area contributed by atoms with Crippen LogP contribution in [0.1, 0.15) is 19.7 Å². The van der Waals surface area contributed by atoms with Crippen LogP contribution in [0.4, 0.5) is 0 Å². The number of carboxylic acids is 1. The van der Waals surface area contributed by atoms with Crippen LogP contribution in [0.25, 0.3) is 11.0 Å². The average molecular weight is 276 g/mol. The Hall–Kier alpha value is -2.24. The number of benzene rings is 1. The molecule has 1 aliphatic heterocycles. The van der Waals surface area contributed by atoms with Gasteiger partial charge in [0.1, 0.15) is 12.4 Å². The summed E-state index contributed by atoms with van der Waals surface area (Å²) in [6, 6.07) is 3.61. The molecule has 6 heteroatoms. The summed E-state index contributed by atoms with van der Waals surface area (Å²) in [6.45, 7) is 4.26. The molecule has 20 heavy (non-hydrogen) atoms. The lowest BCUT2D eigenvalue weighted by Crippen LogP contribution is -2.13. The van der Waals surface area contributed by atoms with Crippen LogP contribution in [0.3, 0.4) is 0 Å². The van der Waals surface area contributed by atoms with E-state index >= 15 is 0 Å². The highest BCUT2D eigenvalue weighted by molar-refractivity contribution is 5.82. The van der Waals surface area contributed by atoms with Crippen molar-refractivity contribution >= 4 is 17.0 Å². The summed E-state index contributed by atoms with van der Waals surface area (Å²) in [7, 11) is 0. The number of carboxylic acid groups (broad SMARTS) is 1. The van der Waals surface area contributed by atoms with Crippen molar-refractivity contribution in [3.05, 3.63) is 18.0 Å². The van der Waals surface area contributed by atoms with Crippen LogP contribution < -0.4 is 9.47 Å². The summed E-state index contributed by atoms with van der Waals surface area (Å²) < 4.78 is 12.4. The number of hydrogen-bond acceptors (Lipinski definition) is 4. The van der Waals surface area contributed by atoms with Gasteiger partial charge in [-0.05, 0) is 5.92 Å². The van der Waals surface area contributed by atoms with Crippen LogP contribution in [0.2, 0.25) is 0 Å². The molecule has 0 fully saturated rings. The molecule has 0 aliphatic carbocycles. The summed E-state index contributed by atoms with van der Waals surface area (Å²) in [6.07, 6.45) is 0.730. The van der Waals surface area contributed by atoms with Gasteiger partial charge in [0, 0.05) is 18.6 Å². The lowest BCUT2D eigenvalue weighted by atomic mass is 10.1. The summed E-state index contributed by atoms with van der Waals surface area (Å²) in [5.74, 6) is 1.60. The molecular formula is C14H16N2O4. The number of fused-ring (bicyclic) bond motifs is 2. The molecule has 1 aromatic heterocycles. The first-order chi connectivity index (χ1) is 9.54. The predicted octanol–water partition coefficient (Wildman–Crippen LogP) is 2.05. The first kappa shape index (κ1) is 12.8. The molecule has 1 aliphatic rings. The third kappa shape index (κ3) is 2.17. The highest BCUT2D eigenvalue weighted by atomic mass is 16.7. The second-order valence-corrected chi connectivity index (χ2v) is 5.30. The van der Waals surface area contributed by atoms with E-state index in [2.05, 4.69) is 18.8 Å². The van der Waals surface area contributed by atoms with E-state index in [9.17, 15) is 4.79 Å². The molecule has 0 saturated carbocycles. The fraction of sp³-hybridized carbons (Fsp3) is 0.429. The van der Waals surface area contributed by atoms with E-state index in [0.29, 0.717) is 17.4 Å². The van der Waals surface area contributed by atoms with Gasteiger partial charge in [-0.15, -0.1) is 0 Å². The topological polar surface area (TPSA) is 73.6 Å². The summed E-state index contributed by atoms with van der Waals surface area (Å²) in [4.78, 5) is 15.6. The lowest BCUT2D eigenvalue weighted by Gasteiger charge is -2.08. The Labute approximate surface area is 115 Å². The van der Waals surface area contributed by atoms with E-state index < -0.39 is 5.97 Å². The Morgan fingerprint density at radius 2 is 2.10 bits per heavy atom. The van der Waals surface area contributed by atoms with Crippen LogP contribution in [0.5, 0.6) is 11.5 Å². The van der Waals surface area contributed by atoms with Gasteiger partial charge in [0.15, 0.2) is 11.5 Å². The van der Waals surface area contributed by atoms with Crippen molar-refractivity contribution in [1.29, 1.82) is 0 Å². The summed E-state index contributed by atoms with van der Waals surface area (Å²) in [5, 5.41) is 9.09. The third-order valence-corrected chi connectivity index (χ3v) is 3.21. The third-order valence-electron chi connectivity index (χ3n) is 3.21. The molecule has 2 heterocycles. The minimum Gasteiger partial charge on any atom is -0.480 e.